The lowest BCUT2D eigenvalue weighted by molar-refractivity contribution is 0.0691. The predicted octanol–water partition coefficient (Wildman–Crippen LogP) is 1.89. The summed E-state index contributed by atoms with van der Waals surface area (Å²) >= 11 is 6.43. The molecule has 1 unspecified atom stereocenters. The van der Waals surface area contributed by atoms with Crippen molar-refractivity contribution < 1.29 is 0 Å². The van der Waals surface area contributed by atoms with Crippen LogP contribution in [0, 0.1) is 0 Å². The van der Waals surface area contributed by atoms with Crippen molar-refractivity contribution in [2.75, 3.05) is 39.8 Å². The first-order valence-corrected chi connectivity index (χ1v) is 8.88. The van der Waals surface area contributed by atoms with Gasteiger partial charge in [-0.1, -0.05) is 24.4 Å². The van der Waals surface area contributed by atoms with Gasteiger partial charge in [-0.05, 0) is 19.9 Å². The molecule has 2 aliphatic rings. The molecule has 0 aromatic carbocycles. The zero-order valence-electron chi connectivity index (χ0n) is 13.8. The normalized spacial score (nSPS) is 23.2. The molecule has 1 saturated heterocycles. The molecule has 1 aromatic heterocycles. The number of hydrogen-bond donors (Lipinski definition) is 1. The van der Waals surface area contributed by atoms with Crippen LogP contribution in [0.1, 0.15) is 37.4 Å². The van der Waals surface area contributed by atoms with Crippen LogP contribution in [0.3, 0.4) is 0 Å². The Labute approximate surface area is 138 Å². The lowest BCUT2D eigenvalue weighted by Crippen LogP contribution is -2.51. The van der Waals surface area contributed by atoms with E-state index in [-0.39, 0.29) is 6.04 Å². The molecule has 1 aliphatic heterocycles. The van der Waals surface area contributed by atoms with E-state index in [4.69, 9.17) is 11.6 Å². The zero-order chi connectivity index (χ0) is 15.5. The molecule has 1 saturated carbocycles. The molecule has 0 bridgehead atoms. The fourth-order valence-electron chi connectivity index (χ4n) is 3.93. The molecule has 0 spiro atoms. The van der Waals surface area contributed by atoms with Crippen LogP contribution in [0.4, 0.5) is 0 Å². The third-order valence-corrected chi connectivity index (χ3v) is 5.70. The SMILES string of the molecule is CNCC(c1ncn(C)c1Cl)N1CCN(C2CCCC2)CC1. The molecule has 6 heteroatoms. The van der Waals surface area contributed by atoms with Gasteiger partial charge in [0.2, 0.25) is 0 Å². The van der Waals surface area contributed by atoms with Crippen molar-refractivity contribution >= 4 is 11.6 Å². The summed E-state index contributed by atoms with van der Waals surface area (Å²) < 4.78 is 1.90. The summed E-state index contributed by atoms with van der Waals surface area (Å²) in [5.41, 5.74) is 1.01. The highest BCUT2D eigenvalue weighted by atomic mass is 35.5. The molecule has 2 heterocycles. The number of aryl methyl sites for hydroxylation is 1. The Balaban J connectivity index is 1.65. The number of rotatable bonds is 5. The summed E-state index contributed by atoms with van der Waals surface area (Å²) in [4.78, 5) is 9.77. The number of halogens is 1. The molecule has 0 radical (unpaired) electrons. The zero-order valence-corrected chi connectivity index (χ0v) is 14.5. The number of likely N-dealkylation sites (N-methyl/N-ethyl adjacent to an activating group) is 1. The highest BCUT2D eigenvalue weighted by molar-refractivity contribution is 6.30. The van der Waals surface area contributed by atoms with Crippen LogP contribution in [0.25, 0.3) is 0 Å². The Morgan fingerprint density at radius 3 is 2.50 bits per heavy atom. The third kappa shape index (κ3) is 3.32. The number of hydrogen-bond acceptors (Lipinski definition) is 4. The summed E-state index contributed by atoms with van der Waals surface area (Å²) in [7, 11) is 3.95. The lowest BCUT2D eigenvalue weighted by atomic mass is 10.1. The van der Waals surface area contributed by atoms with Crippen molar-refractivity contribution in [2.24, 2.45) is 7.05 Å². The Hall–Kier alpha value is -0.620. The fourth-order valence-corrected chi connectivity index (χ4v) is 4.15. The van der Waals surface area contributed by atoms with Gasteiger partial charge in [0.05, 0.1) is 18.1 Å². The highest BCUT2D eigenvalue weighted by Gasteiger charge is 2.31. The van der Waals surface area contributed by atoms with Gasteiger partial charge >= 0.3 is 0 Å². The summed E-state index contributed by atoms with van der Waals surface area (Å²) in [5.74, 6) is 0. The second-order valence-electron chi connectivity index (χ2n) is 6.62. The van der Waals surface area contributed by atoms with Crippen molar-refractivity contribution in [1.82, 2.24) is 24.7 Å². The second kappa shape index (κ2) is 7.30. The predicted molar refractivity (Wildman–Crippen MR) is 90.3 cm³/mol. The smallest absolute Gasteiger partial charge is 0.133 e. The average molecular weight is 326 g/mol. The van der Waals surface area contributed by atoms with Crippen LogP contribution >= 0.6 is 11.6 Å². The van der Waals surface area contributed by atoms with E-state index >= 15 is 0 Å². The molecule has 22 heavy (non-hydrogen) atoms. The summed E-state index contributed by atoms with van der Waals surface area (Å²) in [6.45, 7) is 5.45. The first-order valence-electron chi connectivity index (χ1n) is 8.50. The minimum absolute atomic E-state index is 0.268. The maximum atomic E-state index is 6.43. The van der Waals surface area contributed by atoms with Crippen molar-refractivity contribution in [2.45, 2.75) is 37.8 Å². The van der Waals surface area contributed by atoms with Gasteiger partial charge in [-0.25, -0.2) is 4.98 Å². The van der Waals surface area contributed by atoms with Gasteiger partial charge in [0.25, 0.3) is 0 Å². The van der Waals surface area contributed by atoms with Crippen LogP contribution in [0.5, 0.6) is 0 Å². The van der Waals surface area contributed by atoms with Crippen molar-refractivity contribution in [1.29, 1.82) is 0 Å². The average Bonchev–Trinajstić information content (AvgIpc) is 3.18. The first kappa shape index (κ1) is 16.2. The summed E-state index contributed by atoms with van der Waals surface area (Å²) in [6, 6.07) is 1.10. The number of aromatic nitrogens is 2. The minimum Gasteiger partial charge on any atom is -0.325 e. The maximum Gasteiger partial charge on any atom is 0.133 e. The summed E-state index contributed by atoms with van der Waals surface area (Å²) in [5, 5.41) is 4.07. The van der Waals surface area contributed by atoms with Crippen LogP contribution in [0.2, 0.25) is 5.15 Å². The Bertz CT molecular complexity index is 475. The standard InChI is InChI=1S/C16H28ClN5/c1-18-11-14(15-16(17)20(2)12-19-15)22-9-7-21(8-10-22)13-5-3-4-6-13/h12-14,18H,3-11H2,1-2H3. The van der Waals surface area contributed by atoms with E-state index in [1.807, 2.05) is 25.0 Å². The minimum atomic E-state index is 0.268. The molecule has 5 nitrogen and oxygen atoms in total. The van der Waals surface area contributed by atoms with Gasteiger partial charge < -0.3 is 9.88 Å². The number of nitrogens with one attached hydrogen (secondary N) is 1. The Kier molecular flexibility index (Phi) is 5.39. The molecule has 1 aliphatic carbocycles. The van der Waals surface area contributed by atoms with Gasteiger partial charge in [-0.2, -0.15) is 0 Å². The van der Waals surface area contributed by atoms with Gasteiger partial charge in [-0.15, -0.1) is 0 Å². The number of imidazole rings is 1. The molecule has 0 amide bonds. The monoisotopic (exact) mass is 325 g/mol. The fraction of sp³-hybridized carbons (Fsp3) is 0.812. The van der Waals surface area contributed by atoms with Gasteiger partial charge in [0, 0.05) is 45.8 Å². The van der Waals surface area contributed by atoms with Gasteiger partial charge in [0.1, 0.15) is 5.15 Å². The molecular formula is C16H28ClN5. The Morgan fingerprint density at radius 1 is 1.27 bits per heavy atom. The molecule has 1 N–H and O–H groups in total. The molecule has 2 fully saturated rings. The molecule has 124 valence electrons. The van der Waals surface area contributed by atoms with Gasteiger partial charge in [-0.3, -0.25) is 9.80 Å². The third-order valence-electron chi connectivity index (χ3n) is 5.23. The number of piperazine rings is 1. The van der Waals surface area contributed by atoms with E-state index in [1.54, 1.807) is 0 Å². The van der Waals surface area contributed by atoms with Crippen molar-refractivity contribution in [3.05, 3.63) is 17.2 Å². The van der Waals surface area contributed by atoms with Crippen molar-refractivity contribution in [3.8, 4) is 0 Å². The molecule has 3 rings (SSSR count). The molecular weight excluding hydrogens is 298 g/mol. The highest BCUT2D eigenvalue weighted by Crippen LogP contribution is 2.29. The molecule has 1 atom stereocenters. The van der Waals surface area contributed by atoms with Crippen LogP contribution < -0.4 is 5.32 Å². The lowest BCUT2D eigenvalue weighted by Gasteiger charge is -2.41. The van der Waals surface area contributed by atoms with E-state index in [0.29, 0.717) is 0 Å². The van der Waals surface area contributed by atoms with Crippen LogP contribution in [-0.4, -0.2) is 65.2 Å². The van der Waals surface area contributed by atoms with Crippen LogP contribution in [-0.2, 0) is 7.05 Å². The first-order chi connectivity index (χ1) is 10.7. The second-order valence-corrected chi connectivity index (χ2v) is 6.97. The van der Waals surface area contributed by atoms with Crippen LogP contribution in [0.15, 0.2) is 6.33 Å². The number of nitrogens with zero attached hydrogens (tertiary/aromatic N) is 4. The quantitative estimate of drug-likeness (QED) is 0.897. The van der Waals surface area contributed by atoms with E-state index < -0.39 is 0 Å². The van der Waals surface area contributed by atoms with Gasteiger partial charge in [0.15, 0.2) is 0 Å². The van der Waals surface area contributed by atoms with Crippen molar-refractivity contribution in [3.63, 3.8) is 0 Å². The van der Waals surface area contributed by atoms with E-state index in [2.05, 4.69) is 20.1 Å². The topological polar surface area (TPSA) is 36.3 Å². The maximum absolute atomic E-state index is 6.43. The summed E-state index contributed by atoms with van der Waals surface area (Å²) in [6.07, 6.45) is 7.43. The van der Waals surface area contributed by atoms with E-state index in [1.165, 1.54) is 38.8 Å². The largest absolute Gasteiger partial charge is 0.325 e. The molecule has 1 aromatic rings. The van der Waals surface area contributed by atoms with E-state index in [0.717, 1.165) is 36.5 Å². The van der Waals surface area contributed by atoms with E-state index in [9.17, 15) is 0 Å². The Morgan fingerprint density at radius 2 is 1.95 bits per heavy atom.